The number of allylic oxidation sites excluding steroid dienone is 1. The molecule has 2 N–H and O–H groups in total. The van der Waals surface area contributed by atoms with E-state index in [0.29, 0.717) is 0 Å². The lowest BCUT2D eigenvalue weighted by atomic mass is 10.4. The van der Waals surface area contributed by atoms with Crippen LogP contribution in [-0.2, 0) is 4.79 Å². The monoisotopic (exact) mass is 187 g/mol. The van der Waals surface area contributed by atoms with Crippen molar-refractivity contribution in [2.24, 2.45) is 5.73 Å². The van der Waals surface area contributed by atoms with Crippen molar-refractivity contribution < 1.29 is 4.79 Å². The molecular formula is C4H4Cl3NO. The highest BCUT2D eigenvalue weighted by molar-refractivity contribution is 6.77. The Bertz CT molecular complexity index is 137. The molecule has 0 saturated carbocycles. The van der Waals surface area contributed by atoms with E-state index in [1.165, 1.54) is 0 Å². The number of hydrogen-bond donors (Lipinski definition) is 1. The number of nitrogens with two attached hydrogens (primary N) is 1. The van der Waals surface area contributed by atoms with Crippen LogP contribution in [0.2, 0.25) is 0 Å². The van der Waals surface area contributed by atoms with E-state index >= 15 is 0 Å². The first-order chi connectivity index (χ1) is 3.98. The number of hydrogen-bond acceptors (Lipinski definition) is 2. The van der Waals surface area contributed by atoms with E-state index in [0.717, 1.165) is 12.3 Å². The maximum absolute atomic E-state index is 10.5. The summed E-state index contributed by atoms with van der Waals surface area (Å²) in [5.74, 6) is -0.644. The molecule has 5 heteroatoms. The summed E-state index contributed by atoms with van der Waals surface area (Å²) in [4.78, 5) is 10.5. The number of carbonyl (C=O) groups excluding carboxylic acids is 1. The maximum Gasteiger partial charge on any atom is 0.252 e. The van der Waals surface area contributed by atoms with Gasteiger partial charge in [-0.2, -0.15) is 0 Å². The van der Waals surface area contributed by atoms with Crippen molar-refractivity contribution in [3.63, 3.8) is 0 Å². The molecule has 2 nitrogen and oxygen atoms in total. The molecule has 0 aromatic carbocycles. The van der Waals surface area contributed by atoms with Gasteiger partial charge in [0.05, 0.1) is 0 Å². The first kappa shape index (κ1) is 9.08. The molecule has 0 saturated heterocycles. The second kappa shape index (κ2) is 3.30. The molecule has 0 bridgehead atoms. The van der Waals surface area contributed by atoms with Crippen LogP contribution in [0.4, 0.5) is 0 Å². The third kappa shape index (κ3) is 3.62. The summed E-state index contributed by atoms with van der Waals surface area (Å²) in [6.07, 6.45) is 2.01. The van der Waals surface area contributed by atoms with Crippen LogP contribution in [0.25, 0.3) is 0 Å². The van der Waals surface area contributed by atoms with Crippen LogP contribution in [0.1, 0.15) is 0 Å². The van der Waals surface area contributed by atoms with Crippen molar-refractivity contribution in [1.29, 1.82) is 0 Å². The fraction of sp³-hybridized carbons (Fsp3) is 0.250. The van der Waals surface area contributed by atoms with E-state index < -0.39 is 9.58 Å². The normalized spacial score (nSPS) is 12.3. The second-order valence-corrected chi connectivity index (χ2v) is 3.50. The molecular weight excluding hydrogens is 184 g/mol. The van der Waals surface area contributed by atoms with Gasteiger partial charge < -0.3 is 5.73 Å². The van der Waals surface area contributed by atoms with E-state index in [9.17, 15) is 4.79 Å². The summed E-state index contributed by atoms with van der Waals surface area (Å²) in [6.45, 7) is 0. The zero-order chi connectivity index (χ0) is 7.49. The average Bonchev–Trinajstić information content (AvgIpc) is 1.64. The van der Waals surface area contributed by atoms with Crippen molar-refractivity contribution in [2.75, 3.05) is 0 Å². The minimum absolute atomic E-state index is 0.644. The maximum atomic E-state index is 10.5. The first-order valence-corrected chi connectivity index (χ1v) is 3.11. The van der Waals surface area contributed by atoms with Crippen LogP contribution in [0.3, 0.4) is 0 Å². The van der Waals surface area contributed by atoms with Gasteiger partial charge in [-0.05, 0) is 6.20 Å². The lowest BCUT2D eigenvalue weighted by Crippen LogP contribution is -2.15. The molecule has 0 aromatic heterocycles. The van der Waals surface area contributed by atoms with Gasteiger partial charge >= 0.3 is 0 Å². The van der Waals surface area contributed by atoms with Gasteiger partial charge in [-0.1, -0.05) is 34.8 Å². The molecule has 0 aliphatic carbocycles. The third-order valence-corrected chi connectivity index (χ3v) is 1.09. The van der Waals surface area contributed by atoms with E-state index in [2.05, 4.69) is 0 Å². The number of alkyl halides is 3. The van der Waals surface area contributed by atoms with Crippen molar-refractivity contribution in [2.45, 2.75) is 3.79 Å². The van der Waals surface area contributed by atoms with Crippen LogP contribution in [0, 0.1) is 0 Å². The molecule has 0 spiro atoms. The average molecular weight is 188 g/mol. The van der Waals surface area contributed by atoms with Gasteiger partial charge in [-0.25, -0.2) is 0 Å². The number of rotatable bonds is 1. The highest BCUT2D eigenvalue weighted by Crippen LogP contribution is 2.27. The summed E-state index contributed by atoms with van der Waals surface area (Å²) in [6, 6.07) is 0. The zero-order valence-corrected chi connectivity index (χ0v) is 6.54. The van der Waals surface area contributed by atoms with E-state index in [1.54, 1.807) is 0 Å². The molecule has 0 aliphatic heterocycles. The van der Waals surface area contributed by atoms with Gasteiger partial charge in [0, 0.05) is 6.08 Å². The van der Waals surface area contributed by atoms with Crippen molar-refractivity contribution >= 4 is 40.6 Å². The van der Waals surface area contributed by atoms with Gasteiger partial charge in [-0.3, -0.25) is 4.79 Å². The van der Waals surface area contributed by atoms with Crippen LogP contribution in [-0.4, -0.2) is 9.58 Å². The lowest BCUT2D eigenvalue weighted by Gasteiger charge is -2.03. The van der Waals surface area contributed by atoms with Crippen LogP contribution in [0.15, 0.2) is 12.3 Å². The second-order valence-electron chi connectivity index (χ2n) is 1.22. The molecule has 9 heavy (non-hydrogen) atoms. The Kier molecular flexibility index (Phi) is 3.33. The predicted molar refractivity (Wildman–Crippen MR) is 38.6 cm³/mol. The fourth-order valence-electron chi connectivity index (χ4n) is 0.182. The Morgan fingerprint density at radius 2 is 1.89 bits per heavy atom. The first-order valence-electron chi connectivity index (χ1n) is 1.98. The summed E-state index contributed by atoms with van der Waals surface area (Å²) in [5.41, 5.74) is 4.85. The number of carbonyl (C=O) groups is 1. The third-order valence-electron chi connectivity index (χ3n) is 0.527. The summed E-state index contributed by atoms with van der Waals surface area (Å²) in [7, 11) is 0. The molecule has 0 aromatic rings. The SMILES string of the molecule is N/C=C/C(=O)C(Cl)(Cl)Cl. The van der Waals surface area contributed by atoms with Crippen LogP contribution in [0.5, 0.6) is 0 Å². The molecule has 0 fully saturated rings. The number of ketones is 1. The molecule has 0 heterocycles. The Morgan fingerprint density at radius 1 is 1.44 bits per heavy atom. The Balaban J connectivity index is 4.06. The van der Waals surface area contributed by atoms with Crippen molar-refractivity contribution in [3.05, 3.63) is 12.3 Å². The highest BCUT2D eigenvalue weighted by Gasteiger charge is 2.27. The molecule has 0 aliphatic rings. The largest absolute Gasteiger partial charge is 0.404 e. The Hall–Kier alpha value is 0.0800. The molecule has 0 unspecified atom stereocenters. The number of halogens is 3. The van der Waals surface area contributed by atoms with Crippen molar-refractivity contribution in [3.8, 4) is 0 Å². The van der Waals surface area contributed by atoms with Crippen LogP contribution >= 0.6 is 34.8 Å². The van der Waals surface area contributed by atoms with Crippen molar-refractivity contribution in [1.82, 2.24) is 0 Å². The minimum atomic E-state index is -1.88. The van der Waals surface area contributed by atoms with Gasteiger partial charge in [0.25, 0.3) is 3.79 Å². The van der Waals surface area contributed by atoms with Gasteiger partial charge in [0.2, 0.25) is 5.78 Å². The topological polar surface area (TPSA) is 43.1 Å². The Labute approximate surface area is 67.6 Å². The molecule has 0 amide bonds. The summed E-state index contributed by atoms with van der Waals surface area (Å²) >= 11 is 15.4. The van der Waals surface area contributed by atoms with E-state index in [4.69, 9.17) is 40.5 Å². The molecule has 0 radical (unpaired) electrons. The quantitative estimate of drug-likeness (QED) is 0.499. The Morgan fingerprint density at radius 3 is 2.00 bits per heavy atom. The zero-order valence-electron chi connectivity index (χ0n) is 4.27. The fourth-order valence-corrected chi connectivity index (χ4v) is 0.371. The van der Waals surface area contributed by atoms with Crippen LogP contribution < -0.4 is 5.73 Å². The van der Waals surface area contributed by atoms with Gasteiger partial charge in [0.1, 0.15) is 0 Å². The lowest BCUT2D eigenvalue weighted by molar-refractivity contribution is -0.113. The molecule has 52 valence electrons. The smallest absolute Gasteiger partial charge is 0.252 e. The summed E-state index contributed by atoms with van der Waals surface area (Å²) < 4.78 is -1.88. The summed E-state index contributed by atoms with van der Waals surface area (Å²) in [5, 5.41) is 0. The molecule has 0 rings (SSSR count). The predicted octanol–water partition coefficient (Wildman–Crippen LogP) is 1.40. The van der Waals surface area contributed by atoms with Gasteiger partial charge in [0.15, 0.2) is 0 Å². The van der Waals surface area contributed by atoms with E-state index in [-0.39, 0.29) is 0 Å². The minimum Gasteiger partial charge on any atom is -0.404 e. The molecule has 0 atom stereocenters. The highest BCUT2D eigenvalue weighted by atomic mass is 35.6. The standard InChI is InChI=1S/C4H4Cl3NO/c5-4(6,7)3(9)1-2-8/h1-2H,8H2/b2-1+. The van der Waals surface area contributed by atoms with Gasteiger partial charge in [-0.15, -0.1) is 0 Å². The van der Waals surface area contributed by atoms with E-state index in [1.807, 2.05) is 0 Å².